The Hall–Kier alpha value is -3.07. The van der Waals surface area contributed by atoms with E-state index in [2.05, 4.69) is 15.3 Å². The lowest BCUT2D eigenvalue weighted by atomic mass is 10.1. The van der Waals surface area contributed by atoms with Crippen LogP contribution >= 0.6 is 0 Å². The quantitative estimate of drug-likeness (QED) is 0.611. The molecule has 1 N–H and O–H groups in total. The van der Waals surface area contributed by atoms with E-state index in [1.54, 1.807) is 14.0 Å². The van der Waals surface area contributed by atoms with Gasteiger partial charge in [-0.25, -0.2) is 4.79 Å². The van der Waals surface area contributed by atoms with Gasteiger partial charge in [-0.2, -0.15) is 5.10 Å². The van der Waals surface area contributed by atoms with Gasteiger partial charge in [0, 0.05) is 20.1 Å². The Morgan fingerprint density at radius 3 is 2.52 bits per heavy atom. The lowest BCUT2D eigenvalue weighted by molar-refractivity contribution is -0.117. The maximum Gasteiger partial charge on any atom is 0.343 e. The fraction of sp³-hybridized carbons (Fsp3) is 0.500. The number of hydrogen-bond donors (Lipinski definition) is 1. The van der Waals surface area contributed by atoms with Crippen molar-refractivity contribution >= 4 is 17.7 Å². The summed E-state index contributed by atoms with van der Waals surface area (Å²) in [7, 11) is 1.67. The van der Waals surface area contributed by atoms with E-state index in [1.165, 1.54) is 10.9 Å². The SMILES string of the molecule is CCOC(=O)c1cnn(C)c1NC(=O)CN1CCC(Oc2ccccc2OCC)CC1. The van der Waals surface area contributed by atoms with E-state index >= 15 is 0 Å². The third kappa shape index (κ3) is 5.97. The molecule has 3 rings (SSSR count). The molecule has 0 atom stereocenters. The summed E-state index contributed by atoms with van der Waals surface area (Å²) in [4.78, 5) is 26.7. The second-order valence-electron chi connectivity index (χ2n) is 7.27. The Kier molecular flexibility index (Phi) is 7.88. The molecule has 2 aromatic rings. The highest BCUT2D eigenvalue weighted by Crippen LogP contribution is 2.29. The van der Waals surface area contributed by atoms with Gasteiger partial charge in [0.2, 0.25) is 5.91 Å². The monoisotopic (exact) mass is 430 g/mol. The molecule has 0 bridgehead atoms. The number of anilines is 1. The zero-order valence-electron chi connectivity index (χ0n) is 18.3. The van der Waals surface area contributed by atoms with Gasteiger partial charge in [-0.1, -0.05) is 12.1 Å². The predicted octanol–water partition coefficient (Wildman–Crippen LogP) is 2.48. The van der Waals surface area contributed by atoms with E-state index in [0.29, 0.717) is 12.4 Å². The van der Waals surface area contributed by atoms with E-state index in [0.717, 1.165) is 37.4 Å². The average molecular weight is 431 g/mol. The van der Waals surface area contributed by atoms with E-state index in [1.807, 2.05) is 31.2 Å². The van der Waals surface area contributed by atoms with Gasteiger partial charge < -0.3 is 19.5 Å². The maximum atomic E-state index is 12.6. The molecule has 9 heteroatoms. The molecule has 0 radical (unpaired) electrons. The number of amides is 1. The minimum Gasteiger partial charge on any atom is -0.490 e. The normalized spacial score (nSPS) is 14.8. The van der Waals surface area contributed by atoms with Crippen molar-refractivity contribution in [3.8, 4) is 11.5 Å². The zero-order valence-corrected chi connectivity index (χ0v) is 18.3. The van der Waals surface area contributed by atoms with Crippen molar-refractivity contribution in [3.63, 3.8) is 0 Å². The average Bonchev–Trinajstić information content (AvgIpc) is 3.11. The number of benzene rings is 1. The predicted molar refractivity (Wildman–Crippen MR) is 115 cm³/mol. The van der Waals surface area contributed by atoms with Crippen molar-refractivity contribution in [3.05, 3.63) is 36.0 Å². The first-order valence-corrected chi connectivity index (χ1v) is 10.6. The Bertz CT molecular complexity index is 890. The Morgan fingerprint density at radius 2 is 1.84 bits per heavy atom. The van der Waals surface area contributed by atoms with Crippen LogP contribution in [0.3, 0.4) is 0 Å². The van der Waals surface area contributed by atoms with Crippen molar-refractivity contribution in [1.29, 1.82) is 0 Å². The second-order valence-corrected chi connectivity index (χ2v) is 7.27. The molecule has 1 aromatic carbocycles. The first-order chi connectivity index (χ1) is 15.0. The summed E-state index contributed by atoms with van der Waals surface area (Å²) < 4.78 is 18.2. The fourth-order valence-corrected chi connectivity index (χ4v) is 3.51. The van der Waals surface area contributed by atoms with Gasteiger partial charge in [-0.05, 0) is 38.8 Å². The molecule has 1 saturated heterocycles. The van der Waals surface area contributed by atoms with Crippen LogP contribution < -0.4 is 14.8 Å². The minimum atomic E-state index is -0.504. The lowest BCUT2D eigenvalue weighted by Crippen LogP contribution is -2.42. The number of carbonyl (C=O) groups excluding carboxylic acids is 2. The molecule has 1 amide bonds. The number of esters is 1. The van der Waals surface area contributed by atoms with Crippen LogP contribution in [0.4, 0.5) is 5.82 Å². The molecule has 168 valence electrons. The van der Waals surface area contributed by atoms with Crippen molar-refractivity contribution in [2.24, 2.45) is 7.05 Å². The van der Waals surface area contributed by atoms with Gasteiger partial charge in [0.1, 0.15) is 17.5 Å². The molecule has 31 heavy (non-hydrogen) atoms. The lowest BCUT2D eigenvalue weighted by Gasteiger charge is -2.32. The summed E-state index contributed by atoms with van der Waals surface area (Å²) in [5.74, 6) is 1.14. The summed E-state index contributed by atoms with van der Waals surface area (Å²) in [6.07, 6.45) is 3.10. The van der Waals surface area contributed by atoms with Crippen molar-refractivity contribution in [2.75, 3.05) is 38.2 Å². The number of carbonyl (C=O) groups is 2. The van der Waals surface area contributed by atoms with Gasteiger partial charge in [-0.3, -0.25) is 14.4 Å². The molecular formula is C22H30N4O5. The molecule has 2 heterocycles. The number of aromatic nitrogens is 2. The van der Waals surface area contributed by atoms with Crippen LogP contribution in [-0.2, 0) is 16.6 Å². The fourth-order valence-electron chi connectivity index (χ4n) is 3.51. The summed E-state index contributed by atoms with van der Waals surface area (Å²) in [5.41, 5.74) is 0.248. The topological polar surface area (TPSA) is 94.9 Å². The van der Waals surface area contributed by atoms with Crippen molar-refractivity contribution < 1.29 is 23.8 Å². The molecule has 1 aliphatic rings. The highest BCUT2D eigenvalue weighted by atomic mass is 16.5. The highest BCUT2D eigenvalue weighted by molar-refractivity contribution is 6.00. The van der Waals surface area contributed by atoms with E-state index in [-0.39, 0.29) is 30.7 Å². The van der Waals surface area contributed by atoms with Gasteiger partial charge in [-0.15, -0.1) is 0 Å². The van der Waals surface area contributed by atoms with Crippen LogP contribution in [0.25, 0.3) is 0 Å². The number of aryl methyl sites for hydroxylation is 1. The number of ether oxygens (including phenoxy) is 3. The van der Waals surface area contributed by atoms with Crippen molar-refractivity contribution in [1.82, 2.24) is 14.7 Å². The van der Waals surface area contributed by atoms with Crippen LogP contribution in [-0.4, -0.2) is 65.5 Å². The van der Waals surface area contributed by atoms with Gasteiger partial charge in [0.25, 0.3) is 0 Å². The van der Waals surface area contributed by atoms with Crippen LogP contribution in [0, 0.1) is 0 Å². The van der Waals surface area contributed by atoms with Gasteiger partial charge in [0.05, 0.1) is 26.0 Å². The van der Waals surface area contributed by atoms with Crippen molar-refractivity contribution in [2.45, 2.75) is 32.8 Å². The first-order valence-electron chi connectivity index (χ1n) is 10.6. The standard InChI is InChI=1S/C22H30N4O5/c1-4-29-18-8-6-7-9-19(18)31-16-10-12-26(13-11-16)15-20(27)24-21-17(14-23-25(21)3)22(28)30-5-2/h6-9,14,16H,4-5,10-13,15H2,1-3H3,(H,24,27). The zero-order chi connectivity index (χ0) is 22.2. The summed E-state index contributed by atoms with van der Waals surface area (Å²) in [5, 5.41) is 6.84. The number of likely N-dealkylation sites (tertiary alicyclic amines) is 1. The summed E-state index contributed by atoms with van der Waals surface area (Å²) >= 11 is 0. The number of para-hydroxylation sites is 2. The number of piperidine rings is 1. The first kappa shape index (κ1) is 22.6. The molecule has 0 spiro atoms. The summed E-state index contributed by atoms with van der Waals surface area (Å²) in [6.45, 7) is 6.23. The van der Waals surface area contributed by atoms with Crippen LogP contribution in [0.15, 0.2) is 30.5 Å². The Labute approximate surface area is 182 Å². The molecular weight excluding hydrogens is 400 g/mol. The molecule has 9 nitrogen and oxygen atoms in total. The van der Waals surface area contributed by atoms with Crippen LogP contribution in [0.1, 0.15) is 37.0 Å². The number of hydrogen-bond acceptors (Lipinski definition) is 7. The number of nitrogens with zero attached hydrogens (tertiary/aromatic N) is 3. The van der Waals surface area contributed by atoms with Gasteiger partial charge in [0.15, 0.2) is 11.5 Å². The van der Waals surface area contributed by atoms with E-state index in [9.17, 15) is 9.59 Å². The smallest absolute Gasteiger partial charge is 0.343 e. The maximum absolute atomic E-state index is 12.6. The number of nitrogens with one attached hydrogen (secondary N) is 1. The summed E-state index contributed by atoms with van der Waals surface area (Å²) in [6, 6.07) is 7.68. The highest BCUT2D eigenvalue weighted by Gasteiger charge is 2.24. The Balaban J connectivity index is 1.50. The third-order valence-corrected chi connectivity index (χ3v) is 5.04. The largest absolute Gasteiger partial charge is 0.490 e. The molecule has 0 saturated carbocycles. The molecule has 1 aliphatic heterocycles. The van der Waals surface area contributed by atoms with E-state index in [4.69, 9.17) is 14.2 Å². The second kappa shape index (κ2) is 10.8. The van der Waals surface area contributed by atoms with Crippen LogP contribution in [0.2, 0.25) is 0 Å². The molecule has 0 unspecified atom stereocenters. The number of rotatable bonds is 9. The molecule has 1 fully saturated rings. The van der Waals surface area contributed by atoms with Gasteiger partial charge >= 0.3 is 5.97 Å². The van der Waals surface area contributed by atoms with Crippen LogP contribution in [0.5, 0.6) is 11.5 Å². The minimum absolute atomic E-state index is 0.0772. The third-order valence-electron chi connectivity index (χ3n) is 5.04. The Morgan fingerprint density at radius 1 is 1.13 bits per heavy atom. The van der Waals surface area contributed by atoms with E-state index < -0.39 is 5.97 Å². The molecule has 1 aromatic heterocycles. The molecule has 0 aliphatic carbocycles.